The lowest BCUT2D eigenvalue weighted by Crippen LogP contribution is -2.22. The molecule has 5 nitrogen and oxygen atoms in total. The number of hydrogen-bond acceptors (Lipinski definition) is 4. The van der Waals surface area contributed by atoms with E-state index in [1.807, 2.05) is 39.2 Å². The zero-order valence-corrected chi connectivity index (χ0v) is 12.4. The van der Waals surface area contributed by atoms with Crippen LogP contribution in [-0.2, 0) is 6.42 Å². The molecular weight excluding hydrogens is 242 g/mol. The van der Waals surface area contributed by atoms with Gasteiger partial charge in [-0.25, -0.2) is 0 Å². The molecule has 0 unspecified atom stereocenters. The largest absolute Gasteiger partial charge is 0.372 e. The van der Waals surface area contributed by atoms with Crippen LogP contribution in [0.1, 0.15) is 12.5 Å². The summed E-state index contributed by atoms with van der Waals surface area (Å²) < 4.78 is 0. The third-order valence-electron chi connectivity index (χ3n) is 2.99. The molecule has 5 heteroatoms. The Hall–Kier alpha value is -1.62. The van der Waals surface area contributed by atoms with Crippen LogP contribution in [0.3, 0.4) is 0 Å². The van der Waals surface area contributed by atoms with Gasteiger partial charge in [0.05, 0.1) is 4.92 Å². The highest BCUT2D eigenvalue weighted by Gasteiger charge is 2.20. The maximum atomic E-state index is 11.1. The highest BCUT2D eigenvalue weighted by atomic mass is 16.6. The third kappa shape index (κ3) is 4.21. The van der Waals surface area contributed by atoms with E-state index in [9.17, 15) is 10.1 Å². The van der Waals surface area contributed by atoms with Crippen LogP contribution in [0.25, 0.3) is 0 Å². The highest BCUT2D eigenvalue weighted by molar-refractivity contribution is 5.67. The zero-order chi connectivity index (χ0) is 14.6. The molecule has 1 aromatic carbocycles. The molecule has 0 saturated heterocycles. The summed E-state index contributed by atoms with van der Waals surface area (Å²) in [6.07, 6.45) is 0.841. The van der Waals surface area contributed by atoms with Gasteiger partial charge in [-0.2, -0.15) is 0 Å². The first-order valence-corrected chi connectivity index (χ1v) is 6.41. The van der Waals surface area contributed by atoms with E-state index in [2.05, 4.69) is 11.8 Å². The van der Waals surface area contributed by atoms with E-state index in [1.165, 1.54) is 0 Å². The van der Waals surface area contributed by atoms with E-state index in [0.717, 1.165) is 24.2 Å². The van der Waals surface area contributed by atoms with Crippen molar-refractivity contribution in [2.75, 3.05) is 39.6 Å². The minimum atomic E-state index is -0.310. The molecule has 0 aliphatic heterocycles. The highest BCUT2D eigenvalue weighted by Crippen LogP contribution is 2.32. The molecule has 0 fully saturated rings. The van der Waals surface area contributed by atoms with Crippen LogP contribution in [0.2, 0.25) is 0 Å². The van der Waals surface area contributed by atoms with Gasteiger partial charge in [0.1, 0.15) is 5.69 Å². The standard InChI is InChI=1S/C14H23N3O2/c1-11(10-15(2)3)9-12-7-6-8-13(17(18)19)14(12)16(4)5/h6-8,11H,9-10H2,1-5H3/t11-/m0/s1. The van der Waals surface area contributed by atoms with Crippen molar-refractivity contribution in [2.45, 2.75) is 13.3 Å². The Kier molecular flexibility index (Phi) is 5.30. The molecule has 0 aliphatic carbocycles. The molecular formula is C14H23N3O2. The monoisotopic (exact) mass is 265 g/mol. The molecule has 0 bridgehead atoms. The van der Waals surface area contributed by atoms with Crippen molar-refractivity contribution < 1.29 is 4.92 Å². The fraction of sp³-hybridized carbons (Fsp3) is 0.571. The number of benzene rings is 1. The minimum absolute atomic E-state index is 0.180. The average molecular weight is 265 g/mol. The van der Waals surface area contributed by atoms with Crippen molar-refractivity contribution in [1.82, 2.24) is 4.90 Å². The molecule has 0 amide bonds. The predicted molar refractivity (Wildman–Crippen MR) is 78.8 cm³/mol. The average Bonchev–Trinajstić information content (AvgIpc) is 2.26. The van der Waals surface area contributed by atoms with E-state index < -0.39 is 0 Å². The van der Waals surface area contributed by atoms with Gasteiger partial charge in [0.25, 0.3) is 5.69 Å². The Balaban J connectivity index is 3.06. The number of hydrogen-bond donors (Lipinski definition) is 0. The van der Waals surface area contributed by atoms with E-state index in [0.29, 0.717) is 5.92 Å². The molecule has 1 atom stereocenters. The summed E-state index contributed by atoms with van der Waals surface area (Å²) in [5.74, 6) is 0.454. The molecule has 0 N–H and O–H groups in total. The molecule has 0 aliphatic rings. The SMILES string of the molecule is C[C@@H](Cc1cccc([N+](=O)[O-])c1N(C)C)CN(C)C. The van der Waals surface area contributed by atoms with Gasteiger partial charge >= 0.3 is 0 Å². The van der Waals surface area contributed by atoms with Crippen LogP contribution >= 0.6 is 0 Å². The fourth-order valence-corrected chi connectivity index (χ4v) is 2.47. The van der Waals surface area contributed by atoms with Gasteiger partial charge in [0.15, 0.2) is 0 Å². The fourth-order valence-electron chi connectivity index (χ4n) is 2.47. The lowest BCUT2D eigenvalue weighted by molar-refractivity contribution is -0.384. The molecule has 1 aromatic rings. The van der Waals surface area contributed by atoms with Gasteiger partial charge in [-0.1, -0.05) is 19.1 Å². The summed E-state index contributed by atoms with van der Waals surface area (Å²) in [4.78, 5) is 14.8. The number of nitro benzene ring substituents is 1. The third-order valence-corrected chi connectivity index (χ3v) is 2.99. The summed E-state index contributed by atoms with van der Waals surface area (Å²) in [5.41, 5.74) is 1.94. The number of para-hydroxylation sites is 1. The van der Waals surface area contributed by atoms with Crippen LogP contribution in [0.5, 0.6) is 0 Å². The van der Waals surface area contributed by atoms with Gasteiger partial charge in [-0.3, -0.25) is 10.1 Å². The Labute approximate surface area is 115 Å². The lowest BCUT2D eigenvalue weighted by Gasteiger charge is -2.21. The van der Waals surface area contributed by atoms with Crippen LogP contribution < -0.4 is 4.90 Å². The number of rotatable bonds is 6. The topological polar surface area (TPSA) is 49.6 Å². The van der Waals surface area contributed by atoms with Crippen molar-refractivity contribution in [2.24, 2.45) is 5.92 Å². The summed E-state index contributed by atoms with van der Waals surface area (Å²) in [5, 5.41) is 11.1. The quantitative estimate of drug-likeness (QED) is 0.585. The first-order valence-electron chi connectivity index (χ1n) is 6.41. The summed E-state index contributed by atoms with van der Waals surface area (Å²) in [7, 11) is 7.78. The maximum Gasteiger partial charge on any atom is 0.292 e. The van der Waals surface area contributed by atoms with E-state index in [-0.39, 0.29) is 10.6 Å². The maximum absolute atomic E-state index is 11.1. The van der Waals surface area contributed by atoms with E-state index >= 15 is 0 Å². The molecule has 19 heavy (non-hydrogen) atoms. The second kappa shape index (κ2) is 6.52. The summed E-state index contributed by atoms with van der Waals surface area (Å²) >= 11 is 0. The molecule has 0 spiro atoms. The summed E-state index contributed by atoms with van der Waals surface area (Å²) in [6, 6.07) is 5.31. The van der Waals surface area contributed by atoms with Gasteiger partial charge in [0.2, 0.25) is 0 Å². The van der Waals surface area contributed by atoms with Crippen molar-refractivity contribution >= 4 is 11.4 Å². The zero-order valence-electron chi connectivity index (χ0n) is 12.4. The molecule has 0 heterocycles. The summed E-state index contributed by atoms with van der Waals surface area (Å²) in [6.45, 7) is 3.13. The number of nitrogens with zero attached hydrogens (tertiary/aromatic N) is 3. The molecule has 0 aromatic heterocycles. The van der Waals surface area contributed by atoms with Crippen LogP contribution in [0.4, 0.5) is 11.4 Å². The van der Waals surface area contributed by atoms with E-state index in [4.69, 9.17) is 0 Å². The van der Waals surface area contributed by atoms with Gasteiger partial charge in [-0.15, -0.1) is 0 Å². The Morgan fingerprint density at radius 1 is 1.26 bits per heavy atom. The van der Waals surface area contributed by atoms with Gasteiger partial charge in [-0.05, 0) is 32.0 Å². The molecule has 1 rings (SSSR count). The minimum Gasteiger partial charge on any atom is -0.372 e. The smallest absolute Gasteiger partial charge is 0.292 e. The first-order chi connectivity index (χ1) is 8.82. The van der Waals surface area contributed by atoms with Gasteiger partial charge < -0.3 is 9.80 Å². The van der Waals surface area contributed by atoms with E-state index in [1.54, 1.807) is 12.1 Å². The predicted octanol–water partition coefficient (Wildman–Crippen LogP) is 2.40. The Morgan fingerprint density at radius 3 is 2.37 bits per heavy atom. The van der Waals surface area contributed by atoms with Crippen molar-refractivity contribution in [3.63, 3.8) is 0 Å². The Bertz CT molecular complexity index is 444. The van der Waals surface area contributed by atoms with Crippen molar-refractivity contribution in [1.29, 1.82) is 0 Å². The van der Waals surface area contributed by atoms with Crippen LogP contribution in [-0.4, -0.2) is 44.6 Å². The second-order valence-corrected chi connectivity index (χ2v) is 5.51. The molecule has 0 radical (unpaired) electrons. The second-order valence-electron chi connectivity index (χ2n) is 5.51. The van der Waals surface area contributed by atoms with Crippen molar-refractivity contribution in [3.8, 4) is 0 Å². The Morgan fingerprint density at radius 2 is 1.89 bits per heavy atom. The van der Waals surface area contributed by atoms with Crippen LogP contribution in [0, 0.1) is 16.0 Å². The normalized spacial score (nSPS) is 12.5. The lowest BCUT2D eigenvalue weighted by atomic mass is 9.98. The molecule has 0 saturated carbocycles. The molecule has 106 valence electrons. The first kappa shape index (κ1) is 15.4. The van der Waals surface area contributed by atoms with Crippen LogP contribution in [0.15, 0.2) is 18.2 Å². The number of nitro groups is 1. The number of anilines is 1. The van der Waals surface area contributed by atoms with Gasteiger partial charge in [0, 0.05) is 26.7 Å². The van der Waals surface area contributed by atoms with Crippen molar-refractivity contribution in [3.05, 3.63) is 33.9 Å².